The molecule has 1 aromatic carbocycles. The standard InChI is InChI=1S/C23H23N7O2/c1-2-32-22(31)17-11-20-15-30(10-9-29(20)14-17)23-24-8-7-21(28-23)27-19-5-3-16(4-6-19)18-12-25-26-13-18/h3-8,11-14H,2,9-10,15H2,1H3,(H,25,26)(H,24,27,28). The molecule has 3 aromatic heterocycles. The molecule has 2 N–H and O–H groups in total. The second-order valence-electron chi connectivity index (χ2n) is 7.49. The third-order valence-electron chi connectivity index (χ3n) is 5.38. The molecule has 0 aliphatic carbocycles. The van der Waals surface area contributed by atoms with Gasteiger partial charge in [-0.15, -0.1) is 0 Å². The van der Waals surface area contributed by atoms with Gasteiger partial charge >= 0.3 is 5.97 Å². The van der Waals surface area contributed by atoms with Gasteiger partial charge in [0.05, 0.1) is 24.9 Å². The predicted molar refractivity (Wildman–Crippen MR) is 121 cm³/mol. The van der Waals surface area contributed by atoms with Crippen LogP contribution in [0.25, 0.3) is 11.1 Å². The van der Waals surface area contributed by atoms with Crippen LogP contribution >= 0.6 is 0 Å². The van der Waals surface area contributed by atoms with Crippen molar-refractivity contribution in [3.63, 3.8) is 0 Å². The lowest BCUT2D eigenvalue weighted by Gasteiger charge is -2.28. The van der Waals surface area contributed by atoms with Crippen molar-refractivity contribution in [2.75, 3.05) is 23.4 Å². The summed E-state index contributed by atoms with van der Waals surface area (Å²) in [6.45, 7) is 4.31. The number of carbonyl (C=O) groups excluding carboxylic acids is 1. The van der Waals surface area contributed by atoms with Crippen LogP contribution in [0, 0.1) is 0 Å². The van der Waals surface area contributed by atoms with Gasteiger partial charge in [0.15, 0.2) is 0 Å². The summed E-state index contributed by atoms with van der Waals surface area (Å²) >= 11 is 0. The lowest BCUT2D eigenvalue weighted by atomic mass is 10.1. The zero-order chi connectivity index (χ0) is 21.9. The van der Waals surface area contributed by atoms with Crippen LogP contribution < -0.4 is 10.2 Å². The maximum absolute atomic E-state index is 12.0. The van der Waals surface area contributed by atoms with Crippen LogP contribution in [0.1, 0.15) is 23.0 Å². The summed E-state index contributed by atoms with van der Waals surface area (Å²) in [6, 6.07) is 11.8. The zero-order valence-electron chi connectivity index (χ0n) is 17.7. The normalized spacial score (nSPS) is 13.0. The van der Waals surface area contributed by atoms with Crippen molar-refractivity contribution < 1.29 is 9.53 Å². The summed E-state index contributed by atoms with van der Waals surface area (Å²) in [5, 5.41) is 10.2. The molecule has 0 amide bonds. The first-order chi connectivity index (χ1) is 15.7. The van der Waals surface area contributed by atoms with E-state index >= 15 is 0 Å². The van der Waals surface area contributed by atoms with Crippen LogP contribution in [0.15, 0.2) is 61.2 Å². The topological polar surface area (TPSA) is 101 Å². The maximum Gasteiger partial charge on any atom is 0.339 e. The highest BCUT2D eigenvalue weighted by molar-refractivity contribution is 5.89. The van der Waals surface area contributed by atoms with E-state index in [4.69, 9.17) is 9.72 Å². The number of fused-ring (bicyclic) bond motifs is 1. The monoisotopic (exact) mass is 429 g/mol. The Kier molecular flexibility index (Phi) is 5.29. The van der Waals surface area contributed by atoms with Gasteiger partial charge in [0.1, 0.15) is 5.82 Å². The summed E-state index contributed by atoms with van der Waals surface area (Å²) < 4.78 is 7.20. The Morgan fingerprint density at radius 1 is 1.19 bits per heavy atom. The highest BCUT2D eigenvalue weighted by Crippen LogP contribution is 2.24. The molecule has 9 heteroatoms. The average Bonchev–Trinajstić information content (AvgIpc) is 3.50. The molecule has 0 radical (unpaired) electrons. The largest absolute Gasteiger partial charge is 0.462 e. The van der Waals surface area contributed by atoms with Crippen LogP contribution in [-0.4, -0.2) is 43.9 Å². The molecule has 0 fully saturated rings. The number of nitrogens with one attached hydrogen (secondary N) is 2. The van der Waals surface area contributed by atoms with Gasteiger partial charge in [-0.3, -0.25) is 5.10 Å². The second-order valence-corrected chi connectivity index (χ2v) is 7.49. The van der Waals surface area contributed by atoms with E-state index in [1.54, 1.807) is 12.4 Å². The first-order valence-corrected chi connectivity index (χ1v) is 10.5. The van der Waals surface area contributed by atoms with Crippen molar-refractivity contribution in [2.24, 2.45) is 0 Å². The van der Waals surface area contributed by atoms with Crippen LogP contribution in [0.5, 0.6) is 0 Å². The first kappa shape index (κ1) is 19.8. The Hall–Kier alpha value is -4.14. The summed E-state index contributed by atoms with van der Waals surface area (Å²) in [5.41, 5.74) is 4.69. The van der Waals surface area contributed by atoms with Crippen LogP contribution in [0.2, 0.25) is 0 Å². The minimum Gasteiger partial charge on any atom is -0.462 e. The average molecular weight is 429 g/mol. The quantitative estimate of drug-likeness (QED) is 0.452. The van der Waals surface area contributed by atoms with Crippen molar-refractivity contribution >= 4 is 23.4 Å². The molecule has 0 spiro atoms. The number of ether oxygens (including phenoxy) is 1. The second kappa shape index (κ2) is 8.54. The molecule has 4 aromatic rings. The number of carbonyl (C=O) groups is 1. The molecule has 162 valence electrons. The van der Waals surface area contributed by atoms with E-state index in [1.165, 1.54) is 0 Å². The zero-order valence-corrected chi connectivity index (χ0v) is 17.7. The number of nitrogens with zero attached hydrogens (tertiary/aromatic N) is 5. The number of esters is 1. The first-order valence-electron chi connectivity index (χ1n) is 10.5. The van der Waals surface area contributed by atoms with Gasteiger partial charge in [-0.05, 0) is 36.8 Å². The fourth-order valence-electron chi connectivity index (χ4n) is 3.77. The number of hydrogen-bond acceptors (Lipinski definition) is 7. The SMILES string of the molecule is CCOC(=O)c1cc2n(c1)CCN(c1nccc(Nc3ccc(-c4cn[nH]c4)cc3)n1)C2. The third kappa shape index (κ3) is 4.04. The molecular weight excluding hydrogens is 406 g/mol. The number of rotatable bonds is 6. The molecule has 9 nitrogen and oxygen atoms in total. The third-order valence-corrected chi connectivity index (χ3v) is 5.38. The van der Waals surface area contributed by atoms with Gasteiger partial charge in [-0.2, -0.15) is 10.1 Å². The predicted octanol–water partition coefficient (Wildman–Crippen LogP) is 3.61. The van der Waals surface area contributed by atoms with E-state index in [-0.39, 0.29) is 5.97 Å². The number of aromatic nitrogens is 5. The minimum atomic E-state index is -0.290. The summed E-state index contributed by atoms with van der Waals surface area (Å²) in [4.78, 5) is 23.3. The van der Waals surface area contributed by atoms with Crippen molar-refractivity contribution in [3.05, 3.63) is 72.4 Å². The molecule has 5 rings (SSSR count). The summed E-state index contributed by atoms with van der Waals surface area (Å²) in [6.07, 6.45) is 7.27. The van der Waals surface area contributed by atoms with Gasteiger partial charge in [-0.1, -0.05) is 12.1 Å². The van der Waals surface area contributed by atoms with E-state index in [0.29, 0.717) is 24.7 Å². The molecule has 1 aliphatic rings. The summed E-state index contributed by atoms with van der Waals surface area (Å²) in [5.74, 6) is 1.08. The van der Waals surface area contributed by atoms with Gasteiger partial charge in [0.2, 0.25) is 5.95 Å². The lowest BCUT2D eigenvalue weighted by Crippen LogP contribution is -2.34. The summed E-state index contributed by atoms with van der Waals surface area (Å²) in [7, 11) is 0. The number of H-pyrrole nitrogens is 1. The van der Waals surface area contributed by atoms with Gasteiger partial charge in [0.25, 0.3) is 0 Å². The molecule has 0 saturated carbocycles. The molecule has 32 heavy (non-hydrogen) atoms. The van der Waals surface area contributed by atoms with Crippen LogP contribution in [-0.2, 0) is 17.8 Å². The van der Waals surface area contributed by atoms with Gasteiger partial charge < -0.3 is 19.5 Å². The molecule has 1 aliphatic heterocycles. The van der Waals surface area contributed by atoms with Crippen molar-refractivity contribution in [3.8, 4) is 11.1 Å². The van der Waals surface area contributed by atoms with Gasteiger partial charge in [-0.25, -0.2) is 9.78 Å². The number of benzene rings is 1. The van der Waals surface area contributed by atoms with E-state index in [9.17, 15) is 4.79 Å². The van der Waals surface area contributed by atoms with E-state index < -0.39 is 0 Å². The maximum atomic E-state index is 12.0. The van der Waals surface area contributed by atoms with Crippen molar-refractivity contribution in [1.29, 1.82) is 0 Å². The van der Waals surface area contributed by atoms with Gasteiger partial charge in [0, 0.05) is 48.6 Å². The number of hydrogen-bond donors (Lipinski definition) is 2. The highest BCUT2D eigenvalue weighted by Gasteiger charge is 2.21. The molecule has 4 heterocycles. The minimum absolute atomic E-state index is 0.290. The van der Waals surface area contributed by atoms with Crippen molar-refractivity contribution in [2.45, 2.75) is 20.0 Å². The molecule has 0 unspecified atom stereocenters. The smallest absolute Gasteiger partial charge is 0.339 e. The van der Waals surface area contributed by atoms with E-state index in [1.807, 2.05) is 55.7 Å². The Labute approximate surface area is 185 Å². The highest BCUT2D eigenvalue weighted by atomic mass is 16.5. The number of anilines is 3. The molecular formula is C23H23N7O2. The van der Waals surface area contributed by atoms with E-state index in [2.05, 4.69) is 30.0 Å². The molecule has 0 saturated heterocycles. The Balaban J connectivity index is 1.29. The molecule has 0 bridgehead atoms. The molecule has 0 atom stereocenters. The fraction of sp³-hybridized carbons (Fsp3) is 0.217. The Bertz CT molecular complexity index is 1220. The van der Waals surface area contributed by atoms with Crippen LogP contribution in [0.3, 0.4) is 0 Å². The van der Waals surface area contributed by atoms with Crippen molar-refractivity contribution in [1.82, 2.24) is 24.7 Å². The Morgan fingerprint density at radius 3 is 2.84 bits per heavy atom. The van der Waals surface area contributed by atoms with E-state index in [0.717, 1.165) is 41.4 Å². The Morgan fingerprint density at radius 2 is 2.06 bits per heavy atom. The lowest BCUT2D eigenvalue weighted by molar-refractivity contribution is 0.0526. The van der Waals surface area contributed by atoms with Crippen LogP contribution in [0.4, 0.5) is 17.5 Å². The fourth-order valence-corrected chi connectivity index (χ4v) is 3.77. The number of aromatic amines is 1.